The first-order valence-electron chi connectivity index (χ1n) is 5.99. The third-order valence-electron chi connectivity index (χ3n) is 3.15. The Morgan fingerprint density at radius 1 is 1.37 bits per heavy atom. The van der Waals surface area contributed by atoms with Gasteiger partial charge < -0.3 is 0 Å². The number of nitrogens with zero attached hydrogens (tertiary/aromatic N) is 2. The molecule has 2 aromatic rings. The van der Waals surface area contributed by atoms with E-state index in [0.29, 0.717) is 0 Å². The van der Waals surface area contributed by atoms with Crippen LogP contribution in [-0.4, -0.2) is 10.7 Å². The second kappa shape index (κ2) is 4.92. The quantitative estimate of drug-likeness (QED) is 0.833. The van der Waals surface area contributed by atoms with Crippen LogP contribution < -0.4 is 0 Å². The number of nitriles is 1. The van der Waals surface area contributed by atoms with Crippen LogP contribution in [0, 0.1) is 11.3 Å². The molecule has 0 saturated carbocycles. The first kappa shape index (κ1) is 12.6. The highest BCUT2D eigenvalue weighted by Crippen LogP contribution is 2.52. The molecule has 1 aliphatic rings. The molecular formula is C15H12N2S2. The zero-order valence-electron chi connectivity index (χ0n) is 10.5. The van der Waals surface area contributed by atoms with E-state index in [-0.39, 0.29) is 4.75 Å². The Kier molecular flexibility index (Phi) is 3.26. The van der Waals surface area contributed by atoms with Gasteiger partial charge in [-0.25, -0.2) is 4.98 Å². The van der Waals surface area contributed by atoms with E-state index in [4.69, 9.17) is 5.26 Å². The third-order valence-corrected chi connectivity index (χ3v) is 5.99. The molecule has 0 N–H and O–H groups in total. The van der Waals surface area contributed by atoms with Crippen LogP contribution in [0.15, 0.2) is 52.5 Å². The lowest BCUT2D eigenvalue weighted by atomic mass is 10.0. The van der Waals surface area contributed by atoms with E-state index in [0.717, 1.165) is 16.3 Å². The second-order valence-electron chi connectivity index (χ2n) is 4.61. The van der Waals surface area contributed by atoms with Gasteiger partial charge in [-0.05, 0) is 42.8 Å². The van der Waals surface area contributed by atoms with E-state index < -0.39 is 0 Å². The standard InChI is InChI=1S/C15H12N2S2/c1-15(19-14-4-2-3-7-17-14)10-18-13-6-5-11(9-16)8-12(13)15/h2-8H,10H2,1H3. The molecule has 1 aromatic carbocycles. The zero-order valence-corrected chi connectivity index (χ0v) is 12.1. The molecule has 19 heavy (non-hydrogen) atoms. The first-order chi connectivity index (χ1) is 9.21. The summed E-state index contributed by atoms with van der Waals surface area (Å²) in [5.74, 6) is 1.01. The van der Waals surface area contributed by atoms with Crippen molar-refractivity contribution in [2.75, 3.05) is 5.75 Å². The van der Waals surface area contributed by atoms with E-state index in [1.807, 2.05) is 48.3 Å². The molecule has 0 fully saturated rings. The predicted molar refractivity (Wildman–Crippen MR) is 79.3 cm³/mol. The van der Waals surface area contributed by atoms with E-state index in [1.54, 1.807) is 11.8 Å². The van der Waals surface area contributed by atoms with Crippen LogP contribution in [-0.2, 0) is 4.75 Å². The summed E-state index contributed by atoms with van der Waals surface area (Å²) in [7, 11) is 0. The lowest BCUT2D eigenvalue weighted by Crippen LogP contribution is -2.16. The minimum absolute atomic E-state index is 0.0127. The maximum absolute atomic E-state index is 9.05. The molecule has 1 aliphatic heterocycles. The minimum atomic E-state index is -0.0127. The number of aromatic nitrogens is 1. The van der Waals surface area contributed by atoms with Crippen molar-refractivity contribution in [1.29, 1.82) is 5.26 Å². The molecule has 1 unspecified atom stereocenters. The highest BCUT2D eigenvalue weighted by atomic mass is 32.2. The van der Waals surface area contributed by atoms with Crippen LogP contribution in [0.5, 0.6) is 0 Å². The van der Waals surface area contributed by atoms with Crippen LogP contribution >= 0.6 is 23.5 Å². The van der Waals surface area contributed by atoms with Gasteiger partial charge in [0, 0.05) is 16.8 Å². The zero-order chi connectivity index (χ0) is 13.3. The summed E-state index contributed by atoms with van der Waals surface area (Å²) < 4.78 is -0.0127. The molecular weight excluding hydrogens is 272 g/mol. The van der Waals surface area contributed by atoms with Gasteiger partial charge in [-0.3, -0.25) is 0 Å². The topological polar surface area (TPSA) is 36.7 Å². The van der Waals surface area contributed by atoms with Gasteiger partial charge in [0.1, 0.15) is 0 Å². The van der Waals surface area contributed by atoms with Crippen molar-refractivity contribution in [3.05, 3.63) is 53.7 Å². The molecule has 4 heteroatoms. The Hall–Kier alpha value is -1.44. The Balaban J connectivity index is 1.98. The number of pyridine rings is 1. The summed E-state index contributed by atoms with van der Waals surface area (Å²) in [6, 6.07) is 14.2. The van der Waals surface area contributed by atoms with E-state index >= 15 is 0 Å². The number of fused-ring (bicyclic) bond motifs is 1. The largest absolute Gasteiger partial charge is 0.250 e. The van der Waals surface area contributed by atoms with Gasteiger partial charge >= 0.3 is 0 Å². The van der Waals surface area contributed by atoms with E-state index in [9.17, 15) is 0 Å². The number of hydrogen-bond donors (Lipinski definition) is 0. The molecule has 0 radical (unpaired) electrons. The van der Waals surface area contributed by atoms with E-state index in [2.05, 4.69) is 24.0 Å². The number of benzene rings is 1. The van der Waals surface area contributed by atoms with Crippen LogP contribution in [0.3, 0.4) is 0 Å². The Bertz CT molecular complexity index is 649. The number of thioether (sulfide) groups is 2. The molecule has 2 nitrogen and oxygen atoms in total. The van der Waals surface area contributed by atoms with Gasteiger partial charge in [-0.15, -0.1) is 11.8 Å². The van der Waals surface area contributed by atoms with Crippen LogP contribution in [0.4, 0.5) is 0 Å². The fourth-order valence-corrected chi connectivity index (χ4v) is 4.82. The summed E-state index contributed by atoms with van der Waals surface area (Å²) in [5, 5.41) is 10.1. The molecule has 1 atom stereocenters. The SMILES string of the molecule is CC1(Sc2ccccn2)CSc2ccc(C#N)cc21. The molecule has 0 saturated heterocycles. The Morgan fingerprint density at radius 2 is 2.26 bits per heavy atom. The Morgan fingerprint density at radius 3 is 3.00 bits per heavy atom. The molecule has 1 aromatic heterocycles. The highest BCUT2D eigenvalue weighted by Gasteiger charge is 2.36. The predicted octanol–water partition coefficient (Wildman–Crippen LogP) is 4.07. The maximum atomic E-state index is 9.05. The maximum Gasteiger partial charge on any atom is 0.0991 e. The van der Waals surface area contributed by atoms with Crippen molar-refractivity contribution in [1.82, 2.24) is 4.98 Å². The van der Waals surface area contributed by atoms with Crippen LogP contribution in [0.25, 0.3) is 0 Å². The smallest absolute Gasteiger partial charge is 0.0991 e. The molecule has 0 aliphatic carbocycles. The molecule has 3 rings (SSSR count). The molecule has 0 spiro atoms. The fraction of sp³-hybridized carbons (Fsp3) is 0.200. The van der Waals surface area contributed by atoms with Crippen molar-refractivity contribution in [2.24, 2.45) is 0 Å². The lowest BCUT2D eigenvalue weighted by molar-refractivity contribution is 0.794. The molecule has 94 valence electrons. The first-order valence-corrected chi connectivity index (χ1v) is 7.79. The van der Waals surface area contributed by atoms with Gasteiger partial charge in [0.2, 0.25) is 0 Å². The monoisotopic (exact) mass is 284 g/mol. The number of rotatable bonds is 2. The van der Waals surface area contributed by atoms with Crippen molar-refractivity contribution in [3.63, 3.8) is 0 Å². The van der Waals surface area contributed by atoms with Crippen LogP contribution in [0.1, 0.15) is 18.1 Å². The van der Waals surface area contributed by atoms with Gasteiger partial charge in [0.15, 0.2) is 0 Å². The summed E-state index contributed by atoms with van der Waals surface area (Å²) in [4.78, 5) is 5.67. The van der Waals surface area contributed by atoms with E-state index in [1.165, 1.54) is 10.5 Å². The minimum Gasteiger partial charge on any atom is -0.250 e. The summed E-state index contributed by atoms with van der Waals surface area (Å²) >= 11 is 3.63. The van der Waals surface area contributed by atoms with Gasteiger partial charge in [-0.2, -0.15) is 5.26 Å². The van der Waals surface area contributed by atoms with Crippen molar-refractivity contribution >= 4 is 23.5 Å². The summed E-state index contributed by atoms with van der Waals surface area (Å²) in [5.41, 5.74) is 1.99. The molecule has 2 heterocycles. The van der Waals surface area contributed by atoms with Crippen molar-refractivity contribution in [3.8, 4) is 6.07 Å². The number of hydrogen-bond acceptors (Lipinski definition) is 4. The highest BCUT2D eigenvalue weighted by molar-refractivity contribution is 8.04. The lowest BCUT2D eigenvalue weighted by Gasteiger charge is -2.23. The molecule has 0 amide bonds. The third kappa shape index (κ3) is 2.36. The normalized spacial score (nSPS) is 20.8. The average molecular weight is 284 g/mol. The van der Waals surface area contributed by atoms with Crippen LogP contribution in [0.2, 0.25) is 0 Å². The van der Waals surface area contributed by atoms with Crippen molar-refractivity contribution in [2.45, 2.75) is 21.6 Å². The molecule has 0 bridgehead atoms. The van der Waals surface area contributed by atoms with Gasteiger partial charge in [0.25, 0.3) is 0 Å². The average Bonchev–Trinajstić information content (AvgIpc) is 2.77. The van der Waals surface area contributed by atoms with Gasteiger partial charge in [0.05, 0.1) is 21.4 Å². The Labute approximate surface area is 121 Å². The fourth-order valence-electron chi connectivity index (χ4n) is 2.15. The van der Waals surface area contributed by atoms with Gasteiger partial charge in [-0.1, -0.05) is 17.8 Å². The summed E-state index contributed by atoms with van der Waals surface area (Å²) in [6.07, 6.45) is 1.82. The second-order valence-corrected chi connectivity index (χ2v) is 7.15. The summed E-state index contributed by atoms with van der Waals surface area (Å²) in [6.45, 7) is 2.23. The van der Waals surface area contributed by atoms with Crippen molar-refractivity contribution < 1.29 is 0 Å².